The number of esters is 1. The zero-order valence-electron chi connectivity index (χ0n) is 19.9. The van der Waals surface area contributed by atoms with Crippen LogP contribution in [-0.2, 0) is 9.53 Å². The molecule has 3 N–H and O–H groups in total. The molecule has 0 aromatic rings. The molecule has 0 radical (unpaired) electrons. The van der Waals surface area contributed by atoms with Crippen molar-refractivity contribution < 1.29 is 24.9 Å². The van der Waals surface area contributed by atoms with E-state index in [1.165, 1.54) is 0 Å². The number of hydrogen-bond acceptors (Lipinski definition) is 5. The summed E-state index contributed by atoms with van der Waals surface area (Å²) in [6.45, 7) is 9.13. The number of fused-ring (bicyclic) bond motifs is 5. The third kappa shape index (κ3) is 3.77. The summed E-state index contributed by atoms with van der Waals surface area (Å²) < 4.78 is 5.12. The lowest BCUT2D eigenvalue weighted by Crippen LogP contribution is -2.62. The van der Waals surface area contributed by atoms with Gasteiger partial charge in [0.2, 0.25) is 0 Å². The Hall–Kier alpha value is -0.650. The standard InChI is InChI=1S/C26H44O5/c1-5-31-23(30)9-6-15(2)18-7-8-19-24-20(14-22(29)26(18,19)4)25(3)11-10-17(27)12-16(25)13-21(24)28/h15-22,24,27-29H,5-14H2,1-4H3/t15-,16+,17-,18?,19+,20+,21-,22+,24+,25+,26-/m1/s1. The maximum Gasteiger partial charge on any atom is 0.305 e. The Morgan fingerprint density at radius 1 is 1.06 bits per heavy atom. The summed E-state index contributed by atoms with van der Waals surface area (Å²) in [5, 5.41) is 33.1. The second-order valence-corrected chi connectivity index (χ2v) is 11.8. The van der Waals surface area contributed by atoms with Crippen molar-refractivity contribution >= 4 is 5.97 Å². The van der Waals surface area contributed by atoms with Gasteiger partial charge in [-0.05, 0) is 105 Å². The average molecular weight is 437 g/mol. The molecule has 0 aliphatic heterocycles. The van der Waals surface area contributed by atoms with E-state index >= 15 is 0 Å². The predicted octanol–water partition coefficient (Wildman–Crippen LogP) is 3.93. The molecule has 4 aliphatic carbocycles. The van der Waals surface area contributed by atoms with Gasteiger partial charge in [-0.2, -0.15) is 0 Å². The molecule has 0 spiro atoms. The van der Waals surface area contributed by atoms with Crippen molar-refractivity contribution in [2.75, 3.05) is 6.61 Å². The summed E-state index contributed by atoms with van der Waals surface area (Å²) in [5.74, 6) is 1.84. The van der Waals surface area contributed by atoms with E-state index in [0.29, 0.717) is 42.6 Å². The number of hydrogen-bond donors (Lipinski definition) is 3. The maximum absolute atomic E-state index is 11.9. The van der Waals surface area contributed by atoms with Gasteiger partial charge in [-0.25, -0.2) is 0 Å². The topological polar surface area (TPSA) is 87.0 Å². The lowest BCUT2D eigenvalue weighted by Gasteiger charge is -2.63. The first-order chi connectivity index (χ1) is 14.6. The number of carbonyl (C=O) groups is 1. The SMILES string of the molecule is CCOC(=O)CC[C@@H](C)C1CC[C@H]2[C@@H]3[C@H](O)C[C@@H]4C[C@H](O)CC[C@]4(C)[C@H]3C[C@H](O)[C@]12C. The summed E-state index contributed by atoms with van der Waals surface area (Å²) >= 11 is 0. The largest absolute Gasteiger partial charge is 0.466 e. The van der Waals surface area contributed by atoms with E-state index in [1.807, 2.05) is 6.92 Å². The van der Waals surface area contributed by atoms with Crippen molar-refractivity contribution in [3.8, 4) is 0 Å². The first kappa shape index (κ1) is 23.5. The lowest BCUT2D eigenvalue weighted by molar-refractivity contribution is -0.207. The molecule has 0 bridgehead atoms. The van der Waals surface area contributed by atoms with Crippen LogP contribution in [-0.4, -0.2) is 46.2 Å². The van der Waals surface area contributed by atoms with Crippen molar-refractivity contribution in [2.24, 2.45) is 46.3 Å². The van der Waals surface area contributed by atoms with Crippen LogP contribution < -0.4 is 0 Å². The van der Waals surface area contributed by atoms with Gasteiger partial charge in [-0.15, -0.1) is 0 Å². The van der Waals surface area contributed by atoms with Gasteiger partial charge in [0.1, 0.15) is 0 Å². The van der Waals surface area contributed by atoms with Gasteiger partial charge in [-0.1, -0.05) is 20.8 Å². The van der Waals surface area contributed by atoms with E-state index < -0.39 is 0 Å². The Labute approximate surface area is 187 Å². The second kappa shape index (κ2) is 8.61. The first-order valence-corrected chi connectivity index (χ1v) is 12.8. The minimum atomic E-state index is -0.370. The van der Waals surface area contributed by atoms with E-state index in [2.05, 4.69) is 20.8 Å². The third-order valence-corrected chi connectivity index (χ3v) is 10.6. The fourth-order valence-electron chi connectivity index (χ4n) is 8.91. The molecule has 0 heterocycles. The van der Waals surface area contributed by atoms with Crippen LogP contribution in [0.4, 0.5) is 0 Å². The molecule has 5 heteroatoms. The van der Waals surface area contributed by atoms with E-state index in [9.17, 15) is 20.1 Å². The average Bonchev–Trinajstić information content (AvgIpc) is 3.07. The molecule has 4 fully saturated rings. The van der Waals surface area contributed by atoms with E-state index in [1.54, 1.807) is 0 Å². The molecule has 0 aromatic heterocycles. The molecule has 0 saturated heterocycles. The van der Waals surface area contributed by atoms with Crippen LogP contribution in [0.25, 0.3) is 0 Å². The first-order valence-electron chi connectivity index (χ1n) is 12.8. The third-order valence-electron chi connectivity index (χ3n) is 10.6. The monoisotopic (exact) mass is 436 g/mol. The fraction of sp³-hybridized carbons (Fsp3) is 0.962. The molecule has 4 aliphatic rings. The Morgan fingerprint density at radius 2 is 1.81 bits per heavy atom. The Kier molecular flexibility index (Phi) is 6.53. The van der Waals surface area contributed by atoms with Crippen molar-refractivity contribution in [1.29, 1.82) is 0 Å². The Bertz CT molecular complexity index is 666. The molecule has 1 unspecified atom stereocenters. The van der Waals surface area contributed by atoms with Gasteiger partial charge < -0.3 is 20.1 Å². The Morgan fingerprint density at radius 3 is 2.52 bits per heavy atom. The summed E-state index contributed by atoms with van der Waals surface area (Å²) in [4.78, 5) is 11.9. The molecule has 4 saturated carbocycles. The molecule has 0 aromatic carbocycles. The summed E-state index contributed by atoms with van der Waals surface area (Å²) in [5.41, 5.74) is -0.0906. The summed E-state index contributed by atoms with van der Waals surface area (Å²) in [6.07, 6.45) is 6.62. The van der Waals surface area contributed by atoms with Crippen LogP contribution in [0.1, 0.15) is 85.5 Å². The van der Waals surface area contributed by atoms with Crippen LogP contribution in [0, 0.1) is 46.3 Å². The highest BCUT2D eigenvalue weighted by molar-refractivity contribution is 5.69. The van der Waals surface area contributed by atoms with E-state index in [0.717, 1.165) is 51.4 Å². The van der Waals surface area contributed by atoms with Crippen molar-refractivity contribution in [3.63, 3.8) is 0 Å². The van der Waals surface area contributed by atoms with Crippen molar-refractivity contribution in [1.82, 2.24) is 0 Å². The highest BCUT2D eigenvalue weighted by Gasteiger charge is 2.65. The number of ether oxygens (including phenoxy) is 1. The summed E-state index contributed by atoms with van der Waals surface area (Å²) in [6, 6.07) is 0. The van der Waals surface area contributed by atoms with Crippen LogP contribution in [0.5, 0.6) is 0 Å². The van der Waals surface area contributed by atoms with E-state index in [4.69, 9.17) is 4.74 Å². The fourth-order valence-corrected chi connectivity index (χ4v) is 8.91. The van der Waals surface area contributed by atoms with E-state index in [-0.39, 0.29) is 41.0 Å². The molecule has 178 valence electrons. The second-order valence-electron chi connectivity index (χ2n) is 11.8. The molecule has 4 rings (SSSR count). The number of aliphatic hydroxyl groups excluding tert-OH is 3. The quantitative estimate of drug-likeness (QED) is 0.569. The number of carbonyl (C=O) groups excluding carboxylic acids is 1. The van der Waals surface area contributed by atoms with Crippen molar-refractivity contribution in [2.45, 2.75) is 104 Å². The minimum absolute atomic E-state index is 0.110. The normalized spacial score (nSPS) is 50.2. The van der Waals surface area contributed by atoms with Gasteiger partial charge >= 0.3 is 5.97 Å². The summed E-state index contributed by atoms with van der Waals surface area (Å²) in [7, 11) is 0. The molecule has 11 atom stereocenters. The van der Waals surface area contributed by atoms with Crippen LogP contribution in [0.15, 0.2) is 0 Å². The van der Waals surface area contributed by atoms with Crippen molar-refractivity contribution in [3.05, 3.63) is 0 Å². The zero-order valence-corrected chi connectivity index (χ0v) is 19.9. The molecule has 5 nitrogen and oxygen atoms in total. The van der Waals surface area contributed by atoms with Gasteiger partial charge in [-0.3, -0.25) is 4.79 Å². The highest BCUT2D eigenvalue weighted by atomic mass is 16.5. The van der Waals surface area contributed by atoms with Gasteiger partial charge in [0, 0.05) is 6.42 Å². The lowest BCUT2D eigenvalue weighted by atomic mass is 9.43. The molecule has 0 amide bonds. The molecular weight excluding hydrogens is 392 g/mol. The van der Waals surface area contributed by atoms with Crippen LogP contribution in [0.2, 0.25) is 0 Å². The van der Waals surface area contributed by atoms with Gasteiger partial charge in [0.15, 0.2) is 0 Å². The smallest absolute Gasteiger partial charge is 0.305 e. The van der Waals surface area contributed by atoms with Crippen LogP contribution >= 0.6 is 0 Å². The van der Waals surface area contributed by atoms with Crippen LogP contribution in [0.3, 0.4) is 0 Å². The highest BCUT2D eigenvalue weighted by Crippen LogP contribution is 2.68. The molecular formula is C26H44O5. The molecule has 31 heavy (non-hydrogen) atoms. The predicted molar refractivity (Wildman–Crippen MR) is 119 cm³/mol. The Balaban J connectivity index is 1.54. The number of rotatable bonds is 5. The minimum Gasteiger partial charge on any atom is -0.466 e. The van der Waals surface area contributed by atoms with Gasteiger partial charge in [0.05, 0.1) is 24.9 Å². The zero-order chi connectivity index (χ0) is 22.6. The maximum atomic E-state index is 11.9. The van der Waals surface area contributed by atoms with Gasteiger partial charge in [0.25, 0.3) is 0 Å². The number of aliphatic hydroxyl groups is 3.